The van der Waals surface area contributed by atoms with Crippen LogP contribution in [0.4, 0.5) is 5.69 Å². The molecule has 0 spiro atoms. The number of carbonyl (C=O) groups is 1. The largest absolute Gasteiger partial charge is 0.497 e. The first-order chi connectivity index (χ1) is 9.78. The summed E-state index contributed by atoms with van der Waals surface area (Å²) in [6.45, 7) is 0. The molecule has 0 aromatic heterocycles. The Labute approximate surface area is 118 Å². The molecule has 0 heterocycles. The monoisotopic (exact) mass is 267 g/mol. The zero-order valence-corrected chi connectivity index (χ0v) is 11.4. The average molecular weight is 267 g/mol. The number of benzene rings is 2. The van der Waals surface area contributed by atoms with Crippen molar-refractivity contribution in [3.8, 4) is 5.75 Å². The molecule has 1 N–H and O–H groups in total. The maximum absolute atomic E-state index is 11.8. The number of hydrogen-bond acceptors (Lipinski definition) is 2. The van der Waals surface area contributed by atoms with E-state index in [1.54, 1.807) is 7.11 Å². The first-order valence-electron chi connectivity index (χ1n) is 6.43. The third-order valence-electron chi connectivity index (χ3n) is 2.79. The standard InChI is InChI=1S/C17H17NO2/c1-20-16-12-10-15(11-13-16)18-17(19)9-5-8-14-6-3-2-4-7-14/h2-8,10-13H,9H2,1H3,(H,18,19)/b8-5+. The van der Waals surface area contributed by atoms with Gasteiger partial charge in [-0.25, -0.2) is 0 Å². The third-order valence-corrected chi connectivity index (χ3v) is 2.79. The Kier molecular flexibility index (Phi) is 4.95. The summed E-state index contributed by atoms with van der Waals surface area (Å²) in [5.41, 5.74) is 1.86. The van der Waals surface area contributed by atoms with Crippen molar-refractivity contribution in [2.45, 2.75) is 6.42 Å². The zero-order valence-electron chi connectivity index (χ0n) is 11.4. The Morgan fingerprint density at radius 3 is 2.45 bits per heavy atom. The van der Waals surface area contributed by atoms with Crippen LogP contribution >= 0.6 is 0 Å². The van der Waals surface area contributed by atoms with Crippen molar-refractivity contribution in [1.29, 1.82) is 0 Å². The van der Waals surface area contributed by atoms with Crippen molar-refractivity contribution in [2.24, 2.45) is 0 Å². The number of carbonyl (C=O) groups excluding carboxylic acids is 1. The molecule has 2 aromatic carbocycles. The molecule has 0 saturated carbocycles. The van der Waals surface area contributed by atoms with Gasteiger partial charge in [-0.15, -0.1) is 0 Å². The van der Waals surface area contributed by atoms with Gasteiger partial charge >= 0.3 is 0 Å². The summed E-state index contributed by atoms with van der Waals surface area (Å²) in [6, 6.07) is 17.2. The van der Waals surface area contributed by atoms with Gasteiger partial charge < -0.3 is 10.1 Å². The molecule has 0 unspecified atom stereocenters. The van der Waals surface area contributed by atoms with Gasteiger partial charge in [0.05, 0.1) is 7.11 Å². The zero-order chi connectivity index (χ0) is 14.2. The van der Waals surface area contributed by atoms with Gasteiger partial charge in [-0.3, -0.25) is 4.79 Å². The molecule has 0 saturated heterocycles. The fraction of sp³-hybridized carbons (Fsp3) is 0.118. The molecular weight excluding hydrogens is 250 g/mol. The van der Waals surface area contributed by atoms with Crippen LogP contribution in [-0.2, 0) is 4.79 Å². The van der Waals surface area contributed by atoms with E-state index in [0.717, 1.165) is 17.0 Å². The van der Waals surface area contributed by atoms with Crippen LogP contribution in [0.5, 0.6) is 5.75 Å². The quantitative estimate of drug-likeness (QED) is 0.896. The molecular formula is C17H17NO2. The molecule has 0 aliphatic rings. The van der Waals surface area contributed by atoms with E-state index in [2.05, 4.69) is 5.32 Å². The second kappa shape index (κ2) is 7.14. The Morgan fingerprint density at radius 1 is 1.10 bits per heavy atom. The smallest absolute Gasteiger partial charge is 0.228 e. The van der Waals surface area contributed by atoms with E-state index in [1.165, 1.54) is 0 Å². The molecule has 2 rings (SSSR count). The molecule has 0 atom stereocenters. The number of anilines is 1. The molecule has 0 aliphatic heterocycles. The molecule has 3 nitrogen and oxygen atoms in total. The number of nitrogens with one attached hydrogen (secondary N) is 1. The highest BCUT2D eigenvalue weighted by molar-refractivity contribution is 5.92. The number of ether oxygens (including phenoxy) is 1. The van der Waals surface area contributed by atoms with E-state index in [9.17, 15) is 4.79 Å². The van der Waals surface area contributed by atoms with Crippen molar-refractivity contribution in [1.82, 2.24) is 0 Å². The van der Waals surface area contributed by atoms with Gasteiger partial charge in [0.25, 0.3) is 0 Å². The number of amides is 1. The Hall–Kier alpha value is -2.55. The first-order valence-corrected chi connectivity index (χ1v) is 6.43. The minimum absolute atomic E-state index is 0.0395. The molecule has 0 fully saturated rings. The van der Waals surface area contributed by atoms with Gasteiger partial charge in [-0.05, 0) is 29.8 Å². The molecule has 102 valence electrons. The van der Waals surface area contributed by atoms with Crippen LogP contribution in [0.15, 0.2) is 60.7 Å². The summed E-state index contributed by atoms with van der Waals surface area (Å²) in [6.07, 6.45) is 4.14. The fourth-order valence-corrected chi connectivity index (χ4v) is 1.75. The van der Waals surface area contributed by atoms with Gasteiger partial charge in [0, 0.05) is 12.1 Å². The average Bonchev–Trinajstić information content (AvgIpc) is 2.49. The highest BCUT2D eigenvalue weighted by Crippen LogP contribution is 2.15. The molecule has 0 aliphatic carbocycles. The molecule has 2 aromatic rings. The van der Waals surface area contributed by atoms with Crippen LogP contribution in [0.1, 0.15) is 12.0 Å². The van der Waals surface area contributed by atoms with Crippen LogP contribution < -0.4 is 10.1 Å². The van der Waals surface area contributed by atoms with Crippen molar-refractivity contribution < 1.29 is 9.53 Å². The van der Waals surface area contributed by atoms with Gasteiger partial charge in [0.15, 0.2) is 0 Å². The number of hydrogen-bond donors (Lipinski definition) is 1. The predicted octanol–water partition coefficient (Wildman–Crippen LogP) is 3.74. The van der Waals surface area contributed by atoms with Crippen LogP contribution in [0, 0.1) is 0 Å². The van der Waals surface area contributed by atoms with Crippen LogP contribution in [0.2, 0.25) is 0 Å². The van der Waals surface area contributed by atoms with Gasteiger partial charge in [0.1, 0.15) is 5.75 Å². The second-order valence-corrected chi connectivity index (χ2v) is 4.29. The van der Waals surface area contributed by atoms with E-state index in [4.69, 9.17) is 4.74 Å². The van der Waals surface area contributed by atoms with Crippen molar-refractivity contribution >= 4 is 17.7 Å². The summed E-state index contributed by atoms with van der Waals surface area (Å²) >= 11 is 0. The topological polar surface area (TPSA) is 38.3 Å². The van der Waals surface area contributed by atoms with Gasteiger partial charge in [-0.2, -0.15) is 0 Å². The number of methoxy groups -OCH3 is 1. The summed E-state index contributed by atoms with van der Waals surface area (Å²) in [5, 5.41) is 2.83. The second-order valence-electron chi connectivity index (χ2n) is 4.29. The number of rotatable bonds is 5. The van der Waals surface area contributed by atoms with Gasteiger partial charge in [0.2, 0.25) is 5.91 Å². The lowest BCUT2D eigenvalue weighted by Gasteiger charge is -2.04. The van der Waals surface area contributed by atoms with E-state index in [0.29, 0.717) is 6.42 Å². The fourth-order valence-electron chi connectivity index (χ4n) is 1.75. The maximum atomic E-state index is 11.8. The van der Waals surface area contributed by atoms with Gasteiger partial charge in [-0.1, -0.05) is 42.5 Å². The van der Waals surface area contributed by atoms with Crippen molar-refractivity contribution in [3.05, 3.63) is 66.2 Å². The molecule has 0 bridgehead atoms. The van der Waals surface area contributed by atoms with E-state index in [1.807, 2.05) is 66.7 Å². The molecule has 1 amide bonds. The first kappa shape index (κ1) is 13.9. The Bertz CT molecular complexity index is 574. The lowest BCUT2D eigenvalue weighted by molar-refractivity contribution is -0.115. The summed E-state index contributed by atoms with van der Waals surface area (Å²) in [4.78, 5) is 11.8. The van der Waals surface area contributed by atoms with Crippen LogP contribution in [-0.4, -0.2) is 13.0 Å². The normalized spacial score (nSPS) is 10.4. The van der Waals surface area contributed by atoms with E-state index >= 15 is 0 Å². The third kappa shape index (κ3) is 4.28. The molecule has 0 radical (unpaired) electrons. The Morgan fingerprint density at radius 2 is 1.80 bits per heavy atom. The van der Waals surface area contributed by atoms with E-state index in [-0.39, 0.29) is 5.91 Å². The minimum atomic E-state index is -0.0395. The summed E-state index contributed by atoms with van der Waals surface area (Å²) in [7, 11) is 1.61. The predicted molar refractivity (Wildman–Crippen MR) is 81.7 cm³/mol. The Balaban J connectivity index is 1.84. The lowest BCUT2D eigenvalue weighted by Crippen LogP contribution is -2.09. The van der Waals surface area contributed by atoms with E-state index < -0.39 is 0 Å². The highest BCUT2D eigenvalue weighted by atomic mass is 16.5. The SMILES string of the molecule is COc1ccc(NC(=O)C/C=C/c2ccccc2)cc1. The summed E-state index contributed by atoms with van der Waals surface area (Å²) in [5.74, 6) is 0.731. The van der Waals surface area contributed by atoms with Crippen molar-refractivity contribution in [2.75, 3.05) is 12.4 Å². The summed E-state index contributed by atoms with van der Waals surface area (Å²) < 4.78 is 5.06. The van der Waals surface area contributed by atoms with Crippen LogP contribution in [0.25, 0.3) is 6.08 Å². The minimum Gasteiger partial charge on any atom is -0.497 e. The maximum Gasteiger partial charge on any atom is 0.228 e. The lowest BCUT2D eigenvalue weighted by atomic mass is 10.2. The van der Waals surface area contributed by atoms with Crippen molar-refractivity contribution in [3.63, 3.8) is 0 Å². The molecule has 20 heavy (non-hydrogen) atoms. The van der Waals surface area contributed by atoms with Crippen LogP contribution in [0.3, 0.4) is 0 Å². The molecule has 3 heteroatoms. The highest BCUT2D eigenvalue weighted by Gasteiger charge is 2.00.